The molecule has 3 heterocycles. The third-order valence-electron chi connectivity index (χ3n) is 6.66. The maximum Gasteiger partial charge on any atom is 2.00 e. The van der Waals surface area contributed by atoms with E-state index in [0.29, 0.717) is 13.1 Å². The van der Waals surface area contributed by atoms with Gasteiger partial charge >= 0.3 is 21.1 Å². The van der Waals surface area contributed by atoms with Crippen LogP contribution in [0, 0.1) is 0 Å². The van der Waals surface area contributed by atoms with Crippen LogP contribution in [0.1, 0.15) is 24.0 Å². The average molecular weight is 674 g/mol. The number of hydrogen-bond donors (Lipinski definition) is 0. The molecule has 0 aliphatic carbocycles. The van der Waals surface area contributed by atoms with Crippen LogP contribution in [0.3, 0.4) is 0 Å². The van der Waals surface area contributed by atoms with Gasteiger partial charge in [-0.05, 0) is 41.0 Å². The van der Waals surface area contributed by atoms with Crippen LogP contribution in [0.2, 0.25) is 0 Å². The van der Waals surface area contributed by atoms with Gasteiger partial charge in [-0.3, -0.25) is 9.97 Å². The van der Waals surface area contributed by atoms with Crippen LogP contribution in [0.25, 0.3) is 49.0 Å². The van der Waals surface area contributed by atoms with Crippen LogP contribution in [-0.4, -0.2) is 9.97 Å². The zero-order valence-corrected chi connectivity index (χ0v) is 23.3. The number of benzene rings is 3. The van der Waals surface area contributed by atoms with E-state index in [1.807, 2.05) is 37.3 Å². The molecule has 0 saturated carbocycles. The summed E-state index contributed by atoms with van der Waals surface area (Å²) in [4.78, 5) is 10.2. The zero-order valence-electron chi connectivity index (χ0n) is 21.0. The van der Waals surface area contributed by atoms with Crippen molar-refractivity contribution in [1.82, 2.24) is 9.97 Å². The fourth-order valence-corrected chi connectivity index (χ4v) is 4.96. The van der Waals surface area contributed by atoms with Crippen molar-refractivity contribution in [2.45, 2.75) is 20.0 Å². The second-order valence-electron chi connectivity index (χ2n) is 9.01. The smallest absolute Gasteiger partial charge is 0.679 e. The molecule has 0 fully saturated rings. The Bertz CT molecular complexity index is 1720. The molecule has 0 spiro atoms. The van der Waals surface area contributed by atoms with E-state index in [1.165, 1.54) is 0 Å². The van der Waals surface area contributed by atoms with E-state index in [0.717, 1.165) is 66.8 Å². The molecule has 0 amide bonds. The van der Waals surface area contributed by atoms with Crippen molar-refractivity contribution < 1.29 is 21.1 Å². The Balaban J connectivity index is 0.00000294. The van der Waals surface area contributed by atoms with Crippen molar-refractivity contribution in [1.29, 1.82) is 0 Å². The second-order valence-corrected chi connectivity index (χ2v) is 9.01. The van der Waals surface area contributed by atoms with Gasteiger partial charge in [0.2, 0.25) is 0 Å². The molecule has 1 aliphatic heterocycles. The molecule has 0 unspecified atom stereocenters. The summed E-state index contributed by atoms with van der Waals surface area (Å²) in [5.74, 6) is 0. The summed E-state index contributed by atoms with van der Waals surface area (Å²) in [6.07, 6.45) is 5.83. The van der Waals surface area contributed by atoms with Gasteiger partial charge in [-0.25, -0.2) is 0 Å². The Kier molecular flexibility index (Phi) is 7.53. The average Bonchev–Trinajstić information content (AvgIpc) is 2.94. The van der Waals surface area contributed by atoms with Gasteiger partial charge in [0.05, 0.1) is 11.4 Å². The molecule has 0 N–H and O–H groups in total. The third-order valence-corrected chi connectivity index (χ3v) is 6.66. The van der Waals surface area contributed by atoms with Gasteiger partial charge in [-0.1, -0.05) is 105 Å². The second kappa shape index (κ2) is 11.2. The van der Waals surface area contributed by atoms with Crippen molar-refractivity contribution in [2.24, 2.45) is 0 Å². The maximum absolute atomic E-state index is 5.11. The van der Waals surface area contributed by atoms with Crippen molar-refractivity contribution >= 4 is 32.8 Å². The number of rotatable bonds is 1. The van der Waals surface area contributed by atoms with Crippen molar-refractivity contribution in [3.63, 3.8) is 0 Å². The normalized spacial score (nSPS) is 15.2. The minimum atomic E-state index is 0. The van der Waals surface area contributed by atoms with Gasteiger partial charge in [0.15, 0.2) is 0 Å². The minimum absolute atomic E-state index is 0. The molecule has 5 heteroatoms. The predicted octanol–water partition coefficient (Wildman–Crippen LogP) is 9.01. The van der Waals surface area contributed by atoms with E-state index >= 15 is 0 Å². The molecule has 1 aliphatic rings. The molecule has 38 heavy (non-hydrogen) atoms. The Morgan fingerprint density at radius 3 is 2.00 bits per heavy atom. The standard InChI is InChI=1S/C33H26N4.Pt/c1-3-11-28-30(4-2)34-20-24-18-23-13-6-8-15-27(23)33(37-24)29-16-9-10-17-31(29)35-21-25-19-22-12-5-7-14-26(22)32(28)36-25;/h3-19H,1,20-21H2,2H3;/q-2;+2/b28-11+,30-4+;. The first-order valence-electron chi connectivity index (χ1n) is 12.5. The Hall–Kier alpha value is -4.01. The quantitative estimate of drug-likeness (QED) is 0.178. The van der Waals surface area contributed by atoms with Gasteiger partial charge in [0.1, 0.15) is 0 Å². The molecule has 0 saturated heterocycles. The molecule has 188 valence electrons. The van der Waals surface area contributed by atoms with Crippen molar-refractivity contribution in [3.05, 3.63) is 143 Å². The fourth-order valence-electron chi connectivity index (χ4n) is 4.96. The Morgan fingerprint density at radius 2 is 1.32 bits per heavy atom. The van der Waals surface area contributed by atoms with E-state index in [-0.39, 0.29) is 21.1 Å². The predicted molar refractivity (Wildman–Crippen MR) is 155 cm³/mol. The van der Waals surface area contributed by atoms with Gasteiger partial charge in [0, 0.05) is 22.2 Å². The number of allylic oxidation sites excluding steroid dienone is 4. The molecular formula is C33H26N4Pt. The van der Waals surface area contributed by atoms with E-state index in [9.17, 15) is 0 Å². The summed E-state index contributed by atoms with van der Waals surface area (Å²) in [6.45, 7) is 6.89. The number of para-hydroxylation sites is 1. The fraction of sp³-hybridized carbons (Fsp3) is 0.0909. The molecule has 3 aromatic carbocycles. The van der Waals surface area contributed by atoms with Crippen LogP contribution >= 0.6 is 0 Å². The summed E-state index contributed by atoms with van der Waals surface area (Å²) in [6, 6.07) is 29.2. The van der Waals surface area contributed by atoms with E-state index in [4.69, 9.17) is 20.6 Å². The van der Waals surface area contributed by atoms with Crippen LogP contribution in [-0.2, 0) is 34.2 Å². The Labute approximate surface area is 237 Å². The number of pyridine rings is 2. The minimum Gasteiger partial charge on any atom is -0.679 e. The van der Waals surface area contributed by atoms with E-state index < -0.39 is 0 Å². The van der Waals surface area contributed by atoms with E-state index in [1.54, 1.807) is 6.08 Å². The van der Waals surface area contributed by atoms with Crippen molar-refractivity contribution in [3.8, 4) is 11.3 Å². The first-order chi connectivity index (χ1) is 18.2. The summed E-state index contributed by atoms with van der Waals surface area (Å²) >= 11 is 0. The molecular weight excluding hydrogens is 647 g/mol. The summed E-state index contributed by atoms with van der Waals surface area (Å²) in [5, 5.41) is 14.5. The van der Waals surface area contributed by atoms with Crippen molar-refractivity contribution in [2.75, 3.05) is 0 Å². The van der Waals surface area contributed by atoms with Crippen LogP contribution in [0.15, 0.2) is 115 Å². The first kappa shape index (κ1) is 25.6. The monoisotopic (exact) mass is 673 g/mol. The zero-order chi connectivity index (χ0) is 25.2. The van der Waals surface area contributed by atoms with Crippen LogP contribution in [0.5, 0.6) is 0 Å². The number of hydrogen-bond acceptors (Lipinski definition) is 2. The first-order valence-corrected chi connectivity index (χ1v) is 12.5. The maximum atomic E-state index is 5.11. The van der Waals surface area contributed by atoms with Crippen LogP contribution in [0.4, 0.5) is 5.69 Å². The Morgan fingerprint density at radius 1 is 0.737 bits per heavy atom. The summed E-state index contributed by atoms with van der Waals surface area (Å²) < 4.78 is 0. The topological polar surface area (TPSA) is 54.0 Å². The molecule has 4 nitrogen and oxygen atoms in total. The summed E-state index contributed by atoms with van der Waals surface area (Å²) in [7, 11) is 0. The number of nitrogens with zero attached hydrogens (tertiary/aromatic N) is 4. The SMILES string of the molecule is C=C/C=C1\C(=C/C)[N-]Cc2cc3ccccc3c(n2)-c2ccccc2[N-]Cc2cc3ccccc3c1n2.[Pt+2]. The molecule has 0 radical (unpaired) electrons. The van der Waals surface area contributed by atoms with Gasteiger partial charge < -0.3 is 10.6 Å². The van der Waals surface area contributed by atoms with Gasteiger partial charge in [-0.2, -0.15) is 0 Å². The van der Waals surface area contributed by atoms with Gasteiger partial charge in [0.25, 0.3) is 0 Å². The third kappa shape index (κ3) is 4.80. The number of fused-ring (bicyclic) bond motifs is 10. The molecule has 0 atom stereocenters. The van der Waals surface area contributed by atoms with Gasteiger partial charge in [-0.15, -0.1) is 17.5 Å². The number of aromatic nitrogens is 2. The largest absolute Gasteiger partial charge is 2.00 e. The molecule has 4 bridgehead atoms. The molecule has 2 aromatic heterocycles. The van der Waals surface area contributed by atoms with Crippen LogP contribution < -0.4 is 0 Å². The van der Waals surface area contributed by atoms with E-state index in [2.05, 4.69) is 73.3 Å². The summed E-state index contributed by atoms with van der Waals surface area (Å²) in [5.41, 5.74) is 7.33. The molecule has 5 aromatic rings. The molecule has 6 rings (SSSR count).